The van der Waals surface area contributed by atoms with Crippen LogP contribution in [0.15, 0.2) is 24.9 Å². The highest BCUT2D eigenvalue weighted by atomic mass is 35.5. The van der Waals surface area contributed by atoms with Crippen molar-refractivity contribution in [2.75, 3.05) is 10.5 Å². The van der Waals surface area contributed by atoms with E-state index in [-0.39, 0.29) is 10.9 Å². The van der Waals surface area contributed by atoms with Gasteiger partial charge in [0.15, 0.2) is 5.15 Å². The maximum atomic E-state index is 11.4. The molecule has 1 rings (SSSR count). The Kier molecular flexibility index (Phi) is 3.71. The zero-order valence-electron chi connectivity index (χ0n) is 8.20. The summed E-state index contributed by atoms with van der Waals surface area (Å²) in [5, 5.41) is 0.141. The van der Waals surface area contributed by atoms with Gasteiger partial charge in [-0.25, -0.2) is 13.4 Å². The van der Waals surface area contributed by atoms with E-state index < -0.39 is 10.0 Å². The first-order chi connectivity index (χ1) is 6.96. The molecule has 1 aromatic heterocycles. The minimum absolute atomic E-state index is 0.141. The number of rotatable bonds is 4. The van der Waals surface area contributed by atoms with E-state index in [2.05, 4.69) is 16.3 Å². The molecule has 0 aliphatic rings. The lowest BCUT2D eigenvalue weighted by Gasteiger charge is -2.09. The summed E-state index contributed by atoms with van der Waals surface area (Å²) < 4.78 is 25.2. The Balaban J connectivity index is 3.04. The number of pyridine rings is 1. The van der Waals surface area contributed by atoms with Crippen LogP contribution in [0.3, 0.4) is 0 Å². The Hall–Kier alpha value is -1.07. The molecule has 0 spiro atoms. The van der Waals surface area contributed by atoms with E-state index in [4.69, 9.17) is 11.6 Å². The summed E-state index contributed by atoms with van der Waals surface area (Å²) in [6, 6.07) is 1.68. The lowest BCUT2D eigenvalue weighted by molar-refractivity contribution is 0.604. The molecule has 0 bridgehead atoms. The summed E-state index contributed by atoms with van der Waals surface area (Å²) in [7, 11) is -3.42. The molecule has 82 valence electrons. The van der Waals surface area contributed by atoms with Gasteiger partial charge in [0, 0.05) is 6.20 Å². The van der Waals surface area contributed by atoms with Crippen molar-refractivity contribution in [3.63, 3.8) is 0 Å². The van der Waals surface area contributed by atoms with E-state index in [0.717, 1.165) is 5.56 Å². The van der Waals surface area contributed by atoms with E-state index in [9.17, 15) is 8.42 Å². The fraction of sp³-hybridized carbons (Fsp3) is 0.222. The van der Waals surface area contributed by atoms with Gasteiger partial charge in [-0.1, -0.05) is 17.7 Å². The smallest absolute Gasteiger partial charge is 0.236 e. The Morgan fingerprint density at radius 1 is 1.67 bits per heavy atom. The van der Waals surface area contributed by atoms with Gasteiger partial charge < -0.3 is 0 Å². The number of halogens is 1. The minimum Gasteiger partial charge on any atom is -0.280 e. The van der Waals surface area contributed by atoms with E-state index in [0.29, 0.717) is 5.69 Å². The average molecular weight is 247 g/mol. The molecule has 0 unspecified atom stereocenters. The summed E-state index contributed by atoms with van der Waals surface area (Å²) >= 11 is 5.77. The van der Waals surface area contributed by atoms with Crippen LogP contribution in [0.25, 0.3) is 0 Å². The van der Waals surface area contributed by atoms with Gasteiger partial charge in [0.25, 0.3) is 0 Å². The van der Waals surface area contributed by atoms with Crippen LogP contribution in [-0.2, 0) is 10.0 Å². The molecule has 0 atom stereocenters. The molecule has 0 aromatic carbocycles. The molecule has 0 fully saturated rings. The standard InChI is InChI=1S/C9H11ClN2O2S/c1-3-6-15(13,14)12-8-7(2)4-5-11-9(8)10/h3-5,12H,1,6H2,2H3. The average Bonchev–Trinajstić information content (AvgIpc) is 2.11. The molecular formula is C9H11ClN2O2S. The van der Waals surface area contributed by atoms with Crippen LogP contribution in [-0.4, -0.2) is 19.2 Å². The number of sulfonamides is 1. The third-order valence-electron chi connectivity index (χ3n) is 1.71. The van der Waals surface area contributed by atoms with Crippen molar-refractivity contribution in [2.24, 2.45) is 0 Å². The summed E-state index contributed by atoms with van der Waals surface area (Å²) in [6.07, 6.45) is 2.82. The molecule has 1 heterocycles. The molecule has 1 aromatic rings. The van der Waals surface area contributed by atoms with Crippen molar-refractivity contribution in [1.82, 2.24) is 4.98 Å². The van der Waals surface area contributed by atoms with Crippen molar-refractivity contribution < 1.29 is 8.42 Å². The number of anilines is 1. The molecule has 6 heteroatoms. The molecule has 0 amide bonds. The molecular weight excluding hydrogens is 236 g/mol. The Labute approximate surface area is 94.0 Å². The van der Waals surface area contributed by atoms with E-state index in [1.165, 1.54) is 12.3 Å². The molecule has 0 aliphatic carbocycles. The third-order valence-corrected chi connectivity index (χ3v) is 3.18. The van der Waals surface area contributed by atoms with Gasteiger partial charge in [-0.05, 0) is 18.6 Å². The largest absolute Gasteiger partial charge is 0.280 e. The van der Waals surface area contributed by atoms with Gasteiger partial charge in [-0.15, -0.1) is 6.58 Å². The zero-order chi connectivity index (χ0) is 11.5. The Morgan fingerprint density at radius 2 is 2.33 bits per heavy atom. The Morgan fingerprint density at radius 3 is 2.87 bits per heavy atom. The van der Waals surface area contributed by atoms with E-state index in [1.807, 2.05) is 0 Å². The molecule has 0 radical (unpaired) electrons. The second-order valence-corrected chi connectivity index (χ2v) is 5.09. The summed E-state index contributed by atoms with van der Waals surface area (Å²) in [6.45, 7) is 5.11. The molecule has 1 N–H and O–H groups in total. The van der Waals surface area contributed by atoms with Gasteiger partial charge in [-0.3, -0.25) is 4.72 Å². The van der Waals surface area contributed by atoms with Gasteiger partial charge in [0.05, 0.1) is 11.4 Å². The fourth-order valence-corrected chi connectivity index (χ4v) is 2.27. The van der Waals surface area contributed by atoms with E-state index in [1.54, 1.807) is 13.0 Å². The first-order valence-corrected chi connectivity index (χ1v) is 6.22. The van der Waals surface area contributed by atoms with Crippen LogP contribution in [0.2, 0.25) is 5.15 Å². The van der Waals surface area contributed by atoms with Crippen LogP contribution >= 0.6 is 11.6 Å². The first-order valence-electron chi connectivity index (χ1n) is 4.19. The monoisotopic (exact) mass is 246 g/mol. The highest BCUT2D eigenvalue weighted by Crippen LogP contribution is 2.23. The van der Waals surface area contributed by atoms with E-state index >= 15 is 0 Å². The molecule has 4 nitrogen and oxygen atoms in total. The van der Waals surface area contributed by atoms with Crippen molar-refractivity contribution in [2.45, 2.75) is 6.92 Å². The highest BCUT2D eigenvalue weighted by Gasteiger charge is 2.12. The molecule has 15 heavy (non-hydrogen) atoms. The summed E-state index contributed by atoms with van der Waals surface area (Å²) in [4.78, 5) is 3.80. The predicted molar refractivity (Wildman–Crippen MR) is 61.6 cm³/mol. The second-order valence-electron chi connectivity index (χ2n) is 2.97. The number of hydrogen-bond acceptors (Lipinski definition) is 3. The number of aromatic nitrogens is 1. The van der Waals surface area contributed by atoms with Gasteiger partial charge in [0.1, 0.15) is 0 Å². The maximum Gasteiger partial charge on any atom is 0.236 e. The van der Waals surface area contributed by atoms with Crippen molar-refractivity contribution in [3.05, 3.63) is 35.6 Å². The predicted octanol–water partition coefficient (Wildman–Crippen LogP) is 1.97. The first kappa shape index (κ1) is 12.0. The number of aryl methyl sites for hydroxylation is 1. The third kappa shape index (κ3) is 3.21. The van der Waals surface area contributed by atoms with Gasteiger partial charge in [-0.2, -0.15) is 0 Å². The van der Waals surface area contributed by atoms with Crippen LogP contribution in [0.5, 0.6) is 0 Å². The SMILES string of the molecule is C=CCS(=O)(=O)Nc1c(C)ccnc1Cl. The lowest BCUT2D eigenvalue weighted by Crippen LogP contribution is -2.16. The fourth-order valence-electron chi connectivity index (χ4n) is 1.00. The second kappa shape index (κ2) is 4.63. The molecule has 0 saturated heterocycles. The van der Waals surface area contributed by atoms with Gasteiger partial charge in [0.2, 0.25) is 10.0 Å². The van der Waals surface area contributed by atoms with Crippen molar-refractivity contribution in [3.8, 4) is 0 Å². The van der Waals surface area contributed by atoms with Crippen LogP contribution in [0, 0.1) is 6.92 Å². The topological polar surface area (TPSA) is 59.1 Å². The summed E-state index contributed by atoms with van der Waals surface area (Å²) in [5.74, 6) is -0.155. The quantitative estimate of drug-likeness (QED) is 0.653. The highest BCUT2D eigenvalue weighted by molar-refractivity contribution is 7.92. The minimum atomic E-state index is -3.42. The van der Waals surface area contributed by atoms with Gasteiger partial charge >= 0.3 is 0 Å². The maximum absolute atomic E-state index is 11.4. The van der Waals surface area contributed by atoms with Crippen LogP contribution in [0.1, 0.15) is 5.56 Å². The number of hydrogen-bond donors (Lipinski definition) is 1. The normalized spacial score (nSPS) is 11.1. The lowest BCUT2D eigenvalue weighted by atomic mass is 10.3. The van der Waals surface area contributed by atoms with Crippen LogP contribution < -0.4 is 4.72 Å². The molecule has 0 saturated carbocycles. The van der Waals surface area contributed by atoms with Crippen molar-refractivity contribution >= 4 is 27.3 Å². The zero-order valence-corrected chi connectivity index (χ0v) is 9.77. The number of nitrogens with one attached hydrogen (secondary N) is 1. The Bertz CT molecular complexity index is 451. The number of nitrogens with zero attached hydrogens (tertiary/aromatic N) is 1. The van der Waals surface area contributed by atoms with Crippen LogP contribution in [0.4, 0.5) is 5.69 Å². The summed E-state index contributed by atoms with van der Waals surface area (Å²) in [5.41, 5.74) is 1.05. The van der Waals surface area contributed by atoms with Crippen molar-refractivity contribution in [1.29, 1.82) is 0 Å². The molecule has 0 aliphatic heterocycles.